The van der Waals surface area contributed by atoms with Crippen LogP contribution in [0.3, 0.4) is 0 Å². The Labute approximate surface area is 140 Å². The van der Waals surface area contributed by atoms with Gasteiger partial charge < -0.3 is 10.1 Å². The van der Waals surface area contributed by atoms with Gasteiger partial charge in [0.25, 0.3) is 0 Å². The van der Waals surface area contributed by atoms with Crippen LogP contribution >= 0.6 is 0 Å². The first-order valence-corrected chi connectivity index (χ1v) is 7.89. The molecule has 1 heterocycles. The molecular weight excluding hydrogens is 302 g/mol. The molecule has 0 bridgehead atoms. The first kappa shape index (κ1) is 15.8. The SMILES string of the molecule is O=C(CCCOc1ccccc1)Nc1ccc(-n2cccn2)cc1. The van der Waals surface area contributed by atoms with E-state index in [0.29, 0.717) is 19.4 Å². The monoisotopic (exact) mass is 321 g/mol. The first-order chi connectivity index (χ1) is 11.8. The largest absolute Gasteiger partial charge is 0.494 e. The van der Waals surface area contributed by atoms with Gasteiger partial charge in [0, 0.05) is 24.5 Å². The molecule has 0 fully saturated rings. The van der Waals surface area contributed by atoms with E-state index < -0.39 is 0 Å². The lowest BCUT2D eigenvalue weighted by atomic mass is 10.2. The number of anilines is 1. The van der Waals surface area contributed by atoms with Gasteiger partial charge in [-0.05, 0) is 48.9 Å². The molecule has 0 aliphatic carbocycles. The molecular formula is C19H19N3O2. The Balaban J connectivity index is 1.42. The Hall–Kier alpha value is -3.08. The molecule has 0 saturated carbocycles. The van der Waals surface area contributed by atoms with Crippen molar-refractivity contribution >= 4 is 11.6 Å². The summed E-state index contributed by atoms with van der Waals surface area (Å²) in [5.74, 6) is 0.811. The van der Waals surface area contributed by atoms with E-state index in [-0.39, 0.29) is 5.91 Å². The number of nitrogens with zero attached hydrogens (tertiary/aromatic N) is 2. The van der Waals surface area contributed by atoms with Gasteiger partial charge in [-0.1, -0.05) is 18.2 Å². The van der Waals surface area contributed by atoms with Gasteiger partial charge >= 0.3 is 0 Å². The summed E-state index contributed by atoms with van der Waals surface area (Å²) in [6.07, 6.45) is 4.70. The summed E-state index contributed by atoms with van der Waals surface area (Å²) in [6.45, 7) is 0.523. The van der Waals surface area contributed by atoms with Crippen molar-refractivity contribution in [2.75, 3.05) is 11.9 Å². The standard InChI is InChI=1S/C19H19N3O2/c23-19(8-4-15-24-18-6-2-1-3-7-18)21-16-9-11-17(12-10-16)22-14-5-13-20-22/h1-3,5-7,9-14H,4,8,15H2,(H,21,23). The van der Waals surface area contributed by atoms with Crippen LogP contribution in [0.5, 0.6) is 5.75 Å². The van der Waals surface area contributed by atoms with Gasteiger partial charge in [0.05, 0.1) is 12.3 Å². The molecule has 0 aliphatic rings. The molecule has 0 unspecified atom stereocenters. The second-order valence-corrected chi connectivity index (χ2v) is 5.31. The molecule has 3 rings (SSSR count). The summed E-state index contributed by atoms with van der Waals surface area (Å²) < 4.78 is 7.34. The lowest BCUT2D eigenvalue weighted by Gasteiger charge is -2.08. The zero-order valence-corrected chi connectivity index (χ0v) is 13.3. The number of ether oxygens (including phenoxy) is 1. The maximum absolute atomic E-state index is 12.0. The minimum absolute atomic E-state index is 0.0153. The van der Waals surface area contributed by atoms with E-state index >= 15 is 0 Å². The fourth-order valence-corrected chi connectivity index (χ4v) is 2.28. The van der Waals surface area contributed by atoms with Crippen molar-refractivity contribution in [1.29, 1.82) is 0 Å². The number of carbonyl (C=O) groups is 1. The Morgan fingerprint density at radius 3 is 2.54 bits per heavy atom. The van der Waals surface area contributed by atoms with Gasteiger partial charge in [-0.25, -0.2) is 4.68 Å². The van der Waals surface area contributed by atoms with Crippen LogP contribution in [0.15, 0.2) is 73.1 Å². The van der Waals surface area contributed by atoms with Crippen LogP contribution in [0.25, 0.3) is 5.69 Å². The maximum atomic E-state index is 12.0. The third kappa shape index (κ3) is 4.46. The molecule has 1 aromatic heterocycles. The zero-order valence-electron chi connectivity index (χ0n) is 13.3. The van der Waals surface area contributed by atoms with Crippen molar-refractivity contribution < 1.29 is 9.53 Å². The van der Waals surface area contributed by atoms with E-state index in [1.807, 2.05) is 66.9 Å². The van der Waals surface area contributed by atoms with Gasteiger partial charge in [-0.2, -0.15) is 5.10 Å². The average Bonchev–Trinajstić information content (AvgIpc) is 3.15. The van der Waals surface area contributed by atoms with E-state index in [4.69, 9.17) is 4.74 Å². The van der Waals surface area contributed by atoms with Gasteiger partial charge in [0.2, 0.25) is 5.91 Å². The number of hydrogen-bond acceptors (Lipinski definition) is 3. The summed E-state index contributed by atoms with van der Waals surface area (Å²) in [5.41, 5.74) is 1.73. The predicted octanol–water partition coefficient (Wildman–Crippen LogP) is 3.67. The van der Waals surface area contributed by atoms with Crippen molar-refractivity contribution in [1.82, 2.24) is 9.78 Å². The summed E-state index contributed by atoms with van der Waals surface area (Å²) in [6, 6.07) is 19.0. The van der Waals surface area contributed by atoms with Crippen LogP contribution in [0.1, 0.15) is 12.8 Å². The van der Waals surface area contributed by atoms with Crippen LogP contribution in [-0.2, 0) is 4.79 Å². The van der Waals surface area contributed by atoms with E-state index in [0.717, 1.165) is 17.1 Å². The number of hydrogen-bond donors (Lipinski definition) is 1. The lowest BCUT2D eigenvalue weighted by molar-refractivity contribution is -0.116. The van der Waals surface area contributed by atoms with Crippen LogP contribution < -0.4 is 10.1 Å². The van der Waals surface area contributed by atoms with Crippen LogP contribution in [-0.4, -0.2) is 22.3 Å². The summed E-state index contributed by atoms with van der Waals surface area (Å²) in [4.78, 5) is 12.0. The third-order valence-corrected chi connectivity index (χ3v) is 3.48. The summed E-state index contributed by atoms with van der Waals surface area (Å²) in [7, 11) is 0. The fourth-order valence-electron chi connectivity index (χ4n) is 2.28. The van der Waals surface area contributed by atoms with Gasteiger partial charge in [-0.15, -0.1) is 0 Å². The highest BCUT2D eigenvalue weighted by Crippen LogP contribution is 2.13. The molecule has 0 atom stereocenters. The number of amides is 1. The molecule has 0 aliphatic heterocycles. The van der Waals surface area contributed by atoms with Crippen molar-refractivity contribution in [2.45, 2.75) is 12.8 Å². The van der Waals surface area contributed by atoms with Gasteiger partial charge in [0.1, 0.15) is 5.75 Å². The number of aromatic nitrogens is 2. The van der Waals surface area contributed by atoms with Crippen molar-refractivity contribution in [3.63, 3.8) is 0 Å². The Morgan fingerprint density at radius 1 is 1.04 bits per heavy atom. The number of nitrogens with one attached hydrogen (secondary N) is 1. The number of carbonyl (C=O) groups excluding carboxylic acids is 1. The lowest BCUT2D eigenvalue weighted by Crippen LogP contribution is -2.12. The first-order valence-electron chi connectivity index (χ1n) is 7.89. The van der Waals surface area contributed by atoms with Crippen molar-refractivity contribution in [3.05, 3.63) is 73.1 Å². The minimum Gasteiger partial charge on any atom is -0.494 e. The van der Waals surface area contributed by atoms with Crippen LogP contribution in [0.2, 0.25) is 0 Å². The minimum atomic E-state index is -0.0153. The molecule has 5 nitrogen and oxygen atoms in total. The zero-order chi connectivity index (χ0) is 16.6. The van der Waals surface area contributed by atoms with Crippen LogP contribution in [0.4, 0.5) is 5.69 Å². The molecule has 3 aromatic rings. The van der Waals surface area contributed by atoms with Crippen molar-refractivity contribution in [3.8, 4) is 11.4 Å². The van der Waals surface area contributed by atoms with E-state index in [2.05, 4.69) is 10.4 Å². The topological polar surface area (TPSA) is 56.1 Å². The van der Waals surface area contributed by atoms with Gasteiger partial charge in [0.15, 0.2) is 0 Å². The van der Waals surface area contributed by atoms with Crippen LogP contribution in [0, 0.1) is 0 Å². The Bertz CT molecular complexity index is 753. The maximum Gasteiger partial charge on any atom is 0.224 e. The second-order valence-electron chi connectivity index (χ2n) is 5.31. The van der Waals surface area contributed by atoms with E-state index in [1.54, 1.807) is 10.9 Å². The van der Waals surface area contributed by atoms with E-state index in [1.165, 1.54) is 0 Å². The van der Waals surface area contributed by atoms with E-state index in [9.17, 15) is 4.79 Å². The average molecular weight is 321 g/mol. The predicted molar refractivity (Wildman–Crippen MR) is 93.4 cm³/mol. The highest BCUT2D eigenvalue weighted by molar-refractivity contribution is 5.90. The van der Waals surface area contributed by atoms with Gasteiger partial charge in [-0.3, -0.25) is 4.79 Å². The molecule has 0 radical (unpaired) electrons. The third-order valence-electron chi connectivity index (χ3n) is 3.48. The molecule has 1 amide bonds. The summed E-state index contributed by atoms with van der Waals surface area (Å²) in [5, 5.41) is 7.06. The molecule has 122 valence electrons. The molecule has 5 heteroatoms. The molecule has 24 heavy (non-hydrogen) atoms. The number of para-hydroxylation sites is 1. The molecule has 2 aromatic carbocycles. The number of rotatable bonds is 7. The quantitative estimate of drug-likeness (QED) is 0.676. The Morgan fingerprint density at radius 2 is 1.83 bits per heavy atom. The fraction of sp³-hybridized carbons (Fsp3) is 0.158. The van der Waals surface area contributed by atoms with Crippen molar-refractivity contribution in [2.24, 2.45) is 0 Å². The molecule has 0 saturated heterocycles. The molecule has 0 spiro atoms. The second kappa shape index (κ2) is 7.97. The normalized spacial score (nSPS) is 10.3. The highest BCUT2D eigenvalue weighted by Gasteiger charge is 2.03. The smallest absolute Gasteiger partial charge is 0.224 e. The number of benzene rings is 2. The Kier molecular flexibility index (Phi) is 5.24. The molecule has 1 N–H and O–H groups in total. The summed E-state index contributed by atoms with van der Waals surface area (Å²) >= 11 is 0. The highest BCUT2D eigenvalue weighted by atomic mass is 16.5.